The van der Waals surface area contributed by atoms with Crippen molar-refractivity contribution in [1.29, 1.82) is 0 Å². The molecule has 16 heavy (non-hydrogen) atoms. The van der Waals surface area contributed by atoms with Crippen molar-refractivity contribution in [2.75, 3.05) is 6.54 Å². The van der Waals surface area contributed by atoms with Crippen LogP contribution in [0.4, 0.5) is 4.39 Å². The van der Waals surface area contributed by atoms with Gasteiger partial charge in [-0.15, -0.1) is 0 Å². The number of carboxylic acids is 1. The number of hydrogen-bond donors (Lipinski definition) is 2. The Morgan fingerprint density at radius 2 is 2.38 bits per heavy atom. The summed E-state index contributed by atoms with van der Waals surface area (Å²) in [6.45, 7) is 0.724. The molecule has 0 aliphatic carbocycles. The lowest BCUT2D eigenvalue weighted by Gasteiger charge is -2.09. The van der Waals surface area contributed by atoms with Crippen LogP contribution < -0.4 is 5.32 Å². The highest BCUT2D eigenvalue weighted by Crippen LogP contribution is 2.27. The van der Waals surface area contributed by atoms with Crippen molar-refractivity contribution in [3.63, 3.8) is 0 Å². The Morgan fingerprint density at radius 3 is 3.06 bits per heavy atom. The first-order valence-electron chi connectivity index (χ1n) is 5.36. The standard InChI is InChI=1S/C12H14FNO2/c13-10-3-1-2-8(4-10)9-5-11(14-7-9)6-12(15)16/h1-4,9,11,14H,5-7H2,(H,15,16)/t9-,11-/m0/s1. The molecule has 1 aromatic rings. The highest BCUT2D eigenvalue weighted by molar-refractivity contribution is 5.67. The van der Waals surface area contributed by atoms with E-state index in [9.17, 15) is 9.18 Å². The third-order valence-corrected chi connectivity index (χ3v) is 2.96. The van der Waals surface area contributed by atoms with Crippen LogP contribution in [0.15, 0.2) is 24.3 Å². The molecule has 1 saturated heterocycles. The molecular formula is C12H14FNO2. The molecule has 1 fully saturated rings. The number of rotatable bonds is 3. The molecule has 0 unspecified atom stereocenters. The molecule has 0 saturated carbocycles. The highest BCUT2D eigenvalue weighted by atomic mass is 19.1. The average Bonchev–Trinajstić information content (AvgIpc) is 2.65. The summed E-state index contributed by atoms with van der Waals surface area (Å²) in [4.78, 5) is 10.6. The third kappa shape index (κ3) is 2.58. The molecule has 0 amide bonds. The van der Waals surface area contributed by atoms with Gasteiger partial charge < -0.3 is 10.4 Å². The summed E-state index contributed by atoms with van der Waals surface area (Å²) in [5.74, 6) is -0.809. The van der Waals surface area contributed by atoms with Gasteiger partial charge in [-0.25, -0.2) is 4.39 Å². The van der Waals surface area contributed by atoms with E-state index in [4.69, 9.17) is 5.11 Å². The van der Waals surface area contributed by atoms with Crippen LogP contribution in [0, 0.1) is 5.82 Å². The zero-order chi connectivity index (χ0) is 11.5. The molecule has 0 spiro atoms. The van der Waals surface area contributed by atoms with Gasteiger partial charge >= 0.3 is 5.97 Å². The summed E-state index contributed by atoms with van der Waals surface area (Å²) >= 11 is 0. The minimum absolute atomic E-state index is 0.00534. The van der Waals surface area contributed by atoms with Crippen molar-refractivity contribution in [1.82, 2.24) is 5.32 Å². The Bertz CT molecular complexity index is 394. The van der Waals surface area contributed by atoms with Gasteiger partial charge in [0.1, 0.15) is 5.82 Å². The van der Waals surface area contributed by atoms with Crippen LogP contribution in [0.5, 0.6) is 0 Å². The van der Waals surface area contributed by atoms with Crippen molar-refractivity contribution in [3.8, 4) is 0 Å². The van der Waals surface area contributed by atoms with Crippen molar-refractivity contribution >= 4 is 5.97 Å². The Kier molecular flexibility index (Phi) is 3.19. The maximum absolute atomic E-state index is 13.0. The molecule has 0 aromatic heterocycles. The van der Waals surface area contributed by atoms with Gasteiger partial charge in [-0.1, -0.05) is 12.1 Å². The molecule has 1 aliphatic rings. The molecule has 0 radical (unpaired) electrons. The van der Waals surface area contributed by atoms with Crippen LogP contribution in [0.1, 0.15) is 24.3 Å². The third-order valence-electron chi connectivity index (χ3n) is 2.96. The van der Waals surface area contributed by atoms with Gasteiger partial charge in [0.15, 0.2) is 0 Å². The fraction of sp³-hybridized carbons (Fsp3) is 0.417. The predicted octanol–water partition coefficient (Wildman–Crippen LogP) is 1.75. The fourth-order valence-corrected chi connectivity index (χ4v) is 2.20. The van der Waals surface area contributed by atoms with E-state index in [1.165, 1.54) is 12.1 Å². The van der Waals surface area contributed by atoms with E-state index < -0.39 is 5.97 Å². The average molecular weight is 223 g/mol. The van der Waals surface area contributed by atoms with E-state index in [0.717, 1.165) is 18.5 Å². The number of benzene rings is 1. The van der Waals surface area contributed by atoms with Crippen LogP contribution in [-0.4, -0.2) is 23.7 Å². The van der Waals surface area contributed by atoms with Gasteiger partial charge in [0.25, 0.3) is 0 Å². The largest absolute Gasteiger partial charge is 0.481 e. The minimum Gasteiger partial charge on any atom is -0.481 e. The Morgan fingerprint density at radius 1 is 1.56 bits per heavy atom. The van der Waals surface area contributed by atoms with E-state index >= 15 is 0 Å². The van der Waals surface area contributed by atoms with Crippen molar-refractivity contribution in [2.24, 2.45) is 0 Å². The van der Waals surface area contributed by atoms with Crippen LogP contribution in [0.3, 0.4) is 0 Å². The molecule has 0 bridgehead atoms. The number of nitrogens with one attached hydrogen (secondary N) is 1. The molecule has 2 rings (SSSR count). The molecule has 3 nitrogen and oxygen atoms in total. The van der Waals surface area contributed by atoms with E-state index in [1.54, 1.807) is 6.07 Å². The van der Waals surface area contributed by atoms with Gasteiger partial charge in [0.2, 0.25) is 0 Å². The van der Waals surface area contributed by atoms with Gasteiger partial charge in [0, 0.05) is 12.6 Å². The molecule has 86 valence electrons. The molecule has 4 heteroatoms. The van der Waals surface area contributed by atoms with Gasteiger partial charge in [-0.05, 0) is 30.0 Å². The zero-order valence-electron chi connectivity index (χ0n) is 8.82. The minimum atomic E-state index is -0.794. The van der Waals surface area contributed by atoms with Crippen molar-refractivity contribution < 1.29 is 14.3 Å². The van der Waals surface area contributed by atoms with Gasteiger partial charge in [-0.3, -0.25) is 4.79 Å². The lowest BCUT2D eigenvalue weighted by atomic mass is 9.95. The second kappa shape index (κ2) is 4.61. The van der Waals surface area contributed by atoms with Crippen LogP contribution >= 0.6 is 0 Å². The first-order chi connectivity index (χ1) is 7.65. The summed E-state index contributed by atoms with van der Waals surface area (Å²) in [6, 6.07) is 6.52. The van der Waals surface area contributed by atoms with E-state index in [2.05, 4.69) is 5.32 Å². The van der Waals surface area contributed by atoms with E-state index in [1.807, 2.05) is 6.07 Å². The predicted molar refractivity (Wildman–Crippen MR) is 57.8 cm³/mol. The number of aliphatic carboxylic acids is 1. The SMILES string of the molecule is O=C(O)C[C@@H]1C[C@H](c2cccc(F)c2)CN1. The highest BCUT2D eigenvalue weighted by Gasteiger charge is 2.26. The molecule has 2 atom stereocenters. The summed E-state index contributed by atoms with van der Waals surface area (Å²) in [5.41, 5.74) is 0.945. The Hall–Kier alpha value is -1.42. The van der Waals surface area contributed by atoms with Crippen LogP contribution in [0.2, 0.25) is 0 Å². The zero-order valence-corrected chi connectivity index (χ0v) is 8.82. The summed E-state index contributed by atoms with van der Waals surface area (Å²) in [6.07, 6.45) is 0.890. The summed E-state index contributed by atoms with van der Waals surface area (Å²) in [7, 11) is 0. The van der Waals surface area contributed by atoms with Crippen LogP contribution in [-0.2, 0) is 4.79 Å². The van der Waals surface area contributed by atoms with E-state index in [0.29, 0.717) is 0 Å². The number of hydrogen-bond acceptors (Lipinski definition) is 2. The van der Waals surface area contributed by atoms with Crippen LogP contribution in [0.25, 0.3) is 0 Å². The number of carbonyl (C=O) groups is 1. The second-order valence-electron chi connectivity index (χ2n) is 4.19. The van der Waals surface area contributed by atoms with E-state index in [-0.39, 0.29) is 24.2 Å². The maximum atomic E-state index is 13.0. The molecule has 2 N–H and O–H groups in total. The topological polar surface area (TPSA) is 49.3 Å². The molecule has 1 heterocycles. The van der Waals surface area contributed by atoms with Crippen molar-refractivity contribution in [3.05, 3.63) is 35.6 Å². The quantitative estimate of drug-likeness (QED) is 0.820. The smallest absolute Gasteiger partial charge is 0.304 e. The Balaban J connectivity index is 2.00. The lowest BCUT2D eigenvalue weighted by molar-refractivity contribution is -0.137. The van der Waals surface area contributed by atoms with Crippen molar-refractivity contribution in [2.45, 2.75) is 24.8 Å². The number of halogens is 1. The summed E-state index contributed by atoms with van der Waals surface area (Å²) < 4.78 is 13.0. The van der Waals surface area contributed by atoms with Gasteiger partial charge in [0.05, 0.1) is 6.42 Å². The molecule has 1 aliphatic heterocycles. The normalized spacial score (nSPS) is 24.6. The molecular weight excluding hydrogens is 209 g/mol. The Labute approximate surface area is 93.3 Å². The second-order valence-corrected chi connectivity index (χ2v) is 4.19. The fourth-order valence-electron chi connectivity index (χ4n) is 2.20. The first-order valence-corrected chi connectivity index (χ1v) is 5.36. The molecule has 1 aromatic carbocycles. The summed E-state index contributed by atoms with van der Waals surface area (Å²) in [5, 5.41) is 11.8. The first kappa shape index (κ1) is 11.1. The monoisotopic (exact) mass is 223 g/mol. The lowest BCUT2D eigenvalue weighted by Crippen LogP contribution is -2.24. The maximum Gasteiger partial charge on any atom is 0.304 e. The van der Waals surface area contributed by atoms with Gasteiger partial charge in [-0.2, -0.15) is 0 Å². The number of carboxylic acid groups (broad SMARTS) is 1.